The Balaban J connectivity index is 2.59. The molecule has 0 unspecified atom stereocenters. The van der Waals surface area contributed by atoms with Crippen LogP contribution in [0.15, 0.2) is 6.20 Å². The fraction of sp³-hybridized carbons (Fsp3) is 0.700. The first-order valence-electron chi connectivity index (χ1n) is 4.95. The molecule has 0 fully saturated rings. The third-order valence-electron chi connectivity index (χ3n) is 2.16. The van der Waals surface area contributed by atoms with E-state index < -0.39 is 0 Å². The van der Waals surface area contributed by atoms with E-state index in [1.165, 1.54) is 18.4 Å². The largest absolute Gasteiger partial charge is 0.316 e. The number of aryl methyl sites for hydroxylation is 2. The van der Waals surface area contributed by atoms with Gasteiger partial charge in [-0.15, -0.1) is 0 Å². The lowest BCUT2D eigenvalue weighted by atomic mass is 10.3. The maximum Gasteiger partial charge on any atom is 0.0638 e. The van der Waals surface area contributed by atoms with Crippen LogP contribution in [-0.2, 0) is 13.1 Å². The second-order valence-corrected chi connectivity index (χ2v) is 3.39. The van der Waals surface area contributed by atoms with E-state index in [-0.39, 0.29) is 0 Å². The van der Waals surface area contributed by atoms with Crippen molar-refractivity contribution < 1.29 is 0 Å². The van der Waals surface area contributed by atoms with Crippen LogP contribution in [0.1, 0.15) is 31.0 Å². The van der Waals surface area contributed by atoms with Crippen molar-refractivity contribution in [2.24, 2.45) is 0 Å². The number of nitrogens with zero attached hydrogens (tertiary/aromatic N) is 2. The van der Waals surface area contributed by atoms with E-state index in [4.69, 9.17) is 0 Å². The van der Waals surface area contributed by atoms with Crippen LogP contribution in [0.25, 0.3) is 0 Å². The molecule has 1 N–H and O–H groups in total. The summed E-state index contributed by atoms with van der Waals surface area (Å²) in [4.78, 5) is 0. The van der Waals surface area contributed by atoms with E-state index in [2.05, 4.69) is 30.5 Å². The van der Waals surface area contributed by atoms with Crippen LogP contribution in [0.4, 0.5) is 0 Å². The van der Waals surface area contributed by atoms with Crippen molar-refractivity contribution in [3.63, 3.8) is 0 Å². The highest BCUT2D eigenvalue weighted by Crippen LogP contribution is 2.05. The van der Waals surface area contributed by atoms with Crippen molar-refractivity contribution in [3.05, 3.63) is 17.5 Å². The highest BCUT2D eigenvalue weighted by Gasteiger charge is 2.02. The second-order valence-electron chi connectivity index (χ2n) is 3.39. The first-order valence-corrected chi connectivity index (χ1v) is 4.95. The van der Waals surface area contributed by atoms with Crippen molar-refractivity contribution in [1.29, 1.82) is 0 Å². The Morgan fingerprint density at radius 3 is 2.92 bits per heavy atom. The summed E-state index contributed by atoms with van der Waals surface area (Å²) in [6.45, 7) is 6.22. The molecule has 0 amide bonds. The molecule has 0 saturated heterocycles. The minimum Gasteiger partial charge on any atom is -0.316 e. The zero-order chi connectivity index (χ0) is 9.68. The molecule has 0 spiro atoms. The van der Waals surface area contributed by atoms with E-state index in [1.54, 1.807) is 0 Å². The lowest BCUT2D eigenvalue weighted by molar-refractivity contribution is 0.568. The molecular weight excluding hydrogens is 162 g/mol. The number of hydrogen-bond acceptors (Lipinski definition) is 2. The van der Waals surface area contributed by atoms with E-state index in [0.29, 0.717) is 0 Å². The molecule has 0 aliphatic heterocycles. The molecule has 3 nitrogen and oxygen atoms in total. The molecular formula is C10H19N3. The summed E-state index contributed by atoms with van der Waals surface area (Å²) < 4.78 is 2.05. The molecule has 13 heavy (non-hydrogen) atoms. The Morgan fingerprint density at radius 1 is 1.54 bits per heavy atom. The smallest absolute Gasteiger partial charge is 0.0638 e. The van der Waals surface area contributed by atoms with E-state index in [1.807, 2.05) is 11.7 Å². The minimum absolute atomic E-state index is 0.915. The molecule has 0 aliphatic carbocycles. The van der Waals surface area contributed by atoms with Crippen molar-refractivity contribution in [1.82, 2.24) is 15.1 Å². The van der Waals surface area contributed by atoms with Gasteiger partial charge in [-0.05, 0) is 20.4 Å². The Hall–Kier alpha value is -0.830. The summed E-state index contributed by atoms with van der Waals surface area (Å²) >= 11 is 0. The summed E-state index contributed by atoms with van der Waals surface area (Å²) in [6, 6.07) is 0. The topological polar surface area (TPSA) is 29.9 Å². The summed E-state index contributed by atoms with van der Waals surface area (Å²) in [5.74, 6) is 0. The number of unbranched alkanes of at least 4 members (excludes halogenated alkanes) is 1. The third-order valence-corrected chi connectivity index (χ3v) is 2.16. The van der Waals surface area contributed by atoms with Crippen LogP contribution in [0, 0.1) is 6.92 Å². The summed E-state index contributed by atoms with van der Waals surface area (Å²) in [5, 5.41) is 7.58. The summed E-state index contributed by atoms with van der Waals surface area (Å²) in [5.41, 5.74) is 2.45. The quantitative estimate of drug-likeness (QED) is 0.749. The standard InChI is InChI=1S/C10H19N3/c1-4-5-6-13-8-10(7-11-3)9(2)12-13/h8,11H,4-7H2,1-3H3. The lowest BCUT2D eigenvalue weighted by Crippen LogP contribution is -2.05. The van der Waals surface area contributed by atoms with Gasteiger partial charge in [-0.3, -0.25) is 4.68 Å². The zero-order valence-electron chi connectivity index (χ0n) is 8.80. The van der Waals surface area contributed by atoms with Crippen LogP contribution in [0.3, 0.4) is 0 Å². The highest BCUT2D eigenvalue weighted by molar-refractivity contribution is 5.14. The van der Waals surface area contributed by atoms with Crippen LogP contribution in [0.5, 0.6) is 0 Å². The van der Waals surface area contributed by atoms with Gasteiger partial charge in [-0.1, -0.05) is 13.3 Å². The molecule has 0 aromatic carbocycles. The van der Waals surface area contributed by atoms with Gasteiger partial charge in [-0.25, -0.2) is 0 Å². The SMILES string of the molecule is CCCCn1cc(CNC)c(C)n1. The van der Waals surface area contributed by atoms with Gasteiger partial charge in [0, 0.05) is 24.8 Å². The van der Waals surface area contributed by atoms with Gasteiger partial charge in [0.1, 0.15) is 0 Å². The number of hydrogen-bond donors (Lipinski definition) is 1. The summed E-state index contributed by atoms with van der Waals surface area (Å²) in [6.07, 6.45) is 4.57. The van der Waals surface area contributed by atoms with Crippen molar-refractivity contribution in [3.8, 4) is 0 Å². The number of nitrogens with one attached hydrogen (secondary N) is 1. The molecule has 0 saturated carbocycles. The van der Waals surface area contributed by atoms with Gasteiger partial charge in [0.25, 0.3) is 0 Å². The molecule has 0 radical (unpaired) electrons. The van der Waals surface area contributed by atoms with Gasteiger partial charge >= 0.3 is 0 Å². The fourth-order valence-electron chi connectivity index (χ4n) is 1.36. The maximum atomic E-state index is 4.44. The molecule has 0 atom stereocenters. The van der Waals surface area contributed by atoms with Crippen molar-refractivity contribution >= 4 is 0 Å². The number of rotatable bonds is 5. The average Bonchev–Trinajstić information content (AvgIpc) is 2.45. The second kappa shape index (κ2) is 5.02. The Kier molecular flexibility index (Phi) is 3.96. The van der Waals surface area contributed by atoms with E-state index in [9.17, 15) is 0 Å². The zero-order valence-corrected chi connectivity index (χ0v) is 8.80. The Labute approximate surface area is 80.1 Å². The Morgan fingerprint density at radius 2 is 2.31 bits per heavy atom. The molecule has 74 valence electrons. The fourth-order valence-corrected chi connectivity index (χ4v) is 1.36. The van der Waals surface area contributed by atoms with Gasteiger partial charge in [0.15, 0.2) is 0 Å². The number of aromatic nitrogens is 2. The van der Waals surface area contributed by atoms with Crippen molar-refractivity contribution in [2.45, 2.75) is 39.8 Å². The first kappa shape index (κ1) is 10.3. The van der Waals surface area contributed by atoms with Crippen LogP contribution in [-0.4, -0.2) is 16.8 Å². The molecule has 0 bridgehead atoms. The van der Waals surface area contributed by atoms with E-state index in [0.717, 1.165) is 18.8 Å². The lowest BCUT2D eigenvalue weighted by Gasteiger charge is -1.97. The molecule has 1 rings (SSSR count). The van der Waals surface area contributed by atoms with Gasteiger partial charge in [-0.2, -0.15) is 5.10 Å². The van der Waals surface area contributed by atoms with Crippen LogP contribution >= 0.6 is 0 Å². The molecule has 0 aliphatic rings. The van der Waals surface area contributed by atoms with Crippen LogP contribution < -0.4 is 5.32 Å². The molecule has 1 aromatic heterocycles. The maximum absolute atomic E-state index is 4.44. The average molecular weight is 181 g/mol. The van der Waals surface area contributed by atoms with Gasteiger partial charge < -0.3 is 5.32 Å². The van der Waals surface area contributed by atoms with Crippen LogP contribution in [0.2, 0.25) is 0 Å². The highest BCUT2D eigenvalue weighted by atomic mass is 15.3. The van der Waals surface area contributed by atoms with Gasteiger partial charge in [0.05, 0.1) is 5.69 Å². The molecule has 1 heterocycles. The first-order chi connectivity index (χ1) is 6.27. The summed E-state index contributed by atoms with van der Waals surface area (Å²) in [7, 11) is 1.96. The monoisotopic (exact) mass is 181 g/mol. The van der Waals surface area contributed by atoms with Crippen molar-refractivity contribution in [2.75, 3.05) is 7.05 Å². The minimum atomic E-state index is 0.915. The molecule has 1 aromatic rings. The molecule has 3 heteroatoms. The van der Waals surface area contributed by atoms with E-state index >= 15 is 0 Å². The normalized spacial score (nSPS) is 10.7. The predicted molar refractivity (Wildman–Crippen MR) is 54.6 cm³/mol. The Bertz CT molecular complexity index is 253. The van der Waals surface area contributed by atoms with Gasteiger partial charge in [0.2, 0.25) is 0 Å². The third kappa shape index (κ3) is 2.84. The predicted octanol–water partition coefficient (Wildman–Crippen LogP) is 1.71.